The van der Waals surface area contributed by atoms with Crippen molar-refractivity contribution in [3.8, 4) is 6.07 Å². The van der Waals surface area contributed by atoms with Crippen LogP contribution in [-0.2, 0) is 4.79 Å². The Balaban J connectivity index is 1.71. The fraction of sp³-hybridized carbons (Fsp3) is 0.421. The Morgan fingerprint density at radius 2 is 2.20 bits per heavy atom. The lowest BCUT2D eigenvalue weighted by atomic mass is 10.1. The number of hydrogen-bond donors (Lipinski definition) is 0. The van der Waals surface area contributed by atoms with Gasteiger partial charge >= 0.3 is 0 Å². The largest absolute Gasteiger partial charge is 0.323 e. The number of hydrogen-bond acceptors (Lipinski definition) is 4. The number of aromatic nitrogens is 2. The van der Waals surface area contributed by atoms with Gasteiger partial charge in [0.15, 0.2) is 5.16 Å². The monoisotopic (exact) mass is 354 g/mol. The Hall–Kier alpha value is -2.26. The maximum atomic E-state index is 12.8. The van der Waals surface area contributed by atoms with Gasteiger partial charge in [0.25, 0.3) is 0 Å². The third kappa shape index (κ3) is 4.23. The molecule has 1 aromatic heterocycles. The number of imidazole rings is 1. The van der Waals surface area contributed by atoms with Crippen molar-refractivity contribution in [2.75, 3.05) is 17.2 Å². The maximum Gasteiger partial charge on any atom is 0.237 e. The van der Waals surface area contributed by atoms with Gasteiger partial charge < -0.3 is 9.47 Å². The first-order chi connectivity index (χ1) is 12.1. The maximum absolute atomic E-state index is 12.8. The van der Waals surface area contributed by atoms with Crippen LogP contribution in [0.15, 0.2) is 35.7 Å². The van der Waals surface area contributed by atoms with Gasteiger partial charge in [-0.2, -0.15) is 5.26 Å². The summed E-state index contributed by atoms with van der Waals surface area (Å²) in [6.07, 6.45) is 6.48. The molecule has 1 saturated carbocycles. The molecule has 1 amide bonds. The van der Waals surface area contributed by atoms with E-state index in [1.165, 1.54) is 30.2 Å². The average Bonchev–Trinajstić information content (AvgIpc) is 3.34. The molecule has 1 aromatic carbocycles. The van der Waals surface area contributed by atoms with Gasteiger partial charge in [0.05, 0.1) is 18.2 Å². The number of aryl methyl sites for hydroxylation is 2. The number of carbonyl (C=O) groups excluding carboxylic acids is 1. The summed E-state index contributed by atoms with van der Waals surface area (Å²) in [4.78, 5) is 18.9. The van der Waals surface area contributed by atoms with Crippen molar-refractivity contribution >= 4 is 23.4 Å². The minimum atomic E-state index is 0.00819. The predicted molar refractivity (Wildman–Crippen MR) is 99.7 cm³/mol. The normalized spacial score (nSPS) is 13.5. The molecule has 6 heteroatoms. The SMILES string of the molecule is Cc1ccc(N(CCC#N)C(=O)CSc2nccn2C2CC2)cc1C. The van der Waals surface area contributed by atoms with Gasteiger partial charge in [0, 0.05) is 30.7 Å². The second-order valence-corrected chi connectivity index (χ2v) is 7.30. The third-order valence-corrected chi connectivity index (χ3v) is 5.41. The molecule has 2 aromatic rings. The summed E-state index contributed by atoms with van der Waals surface area (Å²) in [5, 5.41) is 9.82. The zero-order chi connectivity index (χ0) is 17.8. The van der Waals surface area contributed by atoms with E-state index in [2.05, 4.69) is 15.6 Å². The van der Waals surface area contributed by atoms with Crippen molar-refractivity contribution in [3.63, 3.8) is 0 Å². The van der Waals surface area contributed by atoms with Gasteiger partial charge in [-0.15, -0.1) is 0 Å². The topological polar surface area (TPSA) is 61.9 Å². The Kier molecular flexibility index (Phi) is 5.44. The Bertz CT molecular complexity index is 804. The lowest BCUT2D eigenvalue weighted by Gasteiger charge is -2.22. The average molecular weight is 354 g/mol. The van der Waals surface area contributed by atoms with Crippen LogP contribution in [0, 0.1) is 25.2 Å². The summed E-state index contributed by atoms with van der Waals surface area (Å²) < 4.78 is 2.16. The van der Waals surface area contributed by atoms with E-state index in [0.717, 1.165) is 16.4 Å². The summed E-state index contributed by atoms with van der Waals surface area (Å²) in [7, 11) is 0. The molecule has 0 radical (unpaired) electrons. The molecule has 0 N–H and O–H groups in total. The smallest absolute Gasteiger partial charge is 0.237 e. The van der Waals surface area contributed by atoms with Gasteiger partial charge in [-0.1, -0.05) is 17.8 Å². The first-order valence-electron chi connectivity index (χ1n) is 8.50. The lowest BCUT2D eigenvalue weighted by Crippen LogP contribution is -2.33. The number of rotatable bonds is 7. The number of benzene rings is 1. The molecule has 3 rings (SSSR count). The van der Waals surface area contributed by atoms with E-state index in [1.807, 2.05) is 38.2 Å². The molecular weight excluding hydrogens is 332 g/mol. The summed E-state index contributed by atoms with van der Waals surface area (Å²) in [6, 6.07) is 8.67. The highest BCUT2D eigenvalue weighted by molar-refractivity contribution is 7.99. The second-order valence-electron chi connectivity index (χ2n) is 6.36. The van der Waals surface area contributed by atoms with Gasteiger partial charge in [0.1, 0.15) is 0 Å². The molecule has 25 heavy (non-hydrogen) atoms. The molecule has 1 aliphatic rings. The lowest BCUT2D eigenvalue weighted by molar-refractivity contribution is -0.116. The molecule has 1 aliphatic carbocycles. The number of thioether (sulfide) groups is 1. The van der Waals surface area contributed by atoms with Crippen LogP contribution in [0.25, 0.3) is 0 Å². The molecule has 1 fully saturated rings. The number of nitrogens with zero attached hydrogens (tertiary/aromatic N) is 4. The van der Waals surface area contributed by atoms with Crippen molar-refractivity contribution in [1.29, 1.82) is 5.26 Å². The second kappa shape index (κ2) is 7.75. The van der Waals surface area contributed by atoms with Crippen molar-refractivity contribution in [2.24, 2.45) is 0 Å². The molecular formula is C19H22N4OS. The van der Waals surface area contributed by atoms with Crippen LogP contribution >= 0.6 is 11.8 Å². The third-order valence-electron chi connectivity index (χ3n) is 4.45. The van der Waals surface area contributed by atoms with E-state index in [1.54, 1.807) is 11.1 Å². The van der Waals surface area contributed by atoms with Crippen LogP contribution in [0.3, 0.4) is 0 Å². The van der Waals surface area contributed by atoms with Crippen LogP contribution in [-0.4, -0.2) is 27.8 Å². The molecule has 0 bridgehead atoms. The predicted octanol–water partition coefficient (Wildman–Crippen LogP) is 3.87. The van der Waals surface area contributed by atoms with Crippen LogP contribution in [0.4, 0.5) is 5.69 Å². The zero-order valence-electron chi connectivity index (χ0n) is 14.6. The number of anilines is 1. The number of nitriles is 1. The first-order valence-corrected chi connectivity index (χ1v) is 9.49. The summed E-state index contributed by atoms with van der Waals surface area (Å²) in [6.45, 7) is 4.50. The molecule has 0 unspecified atom stereocenters. The summed E-state index contributed by atoms with van der Waals surface area (Å²) in [5.41, 5.74) is 3.19. The zero-order valence-corrected chi connectivity index (χ0v) is 15.4. The molecule has 1 heterocycles. The van der Waals surface area contributed by atoms with Crippen molar-refractivity contribution in [2.45, 2.75) is 44.3 Å². The minimum absolute atomic E-state index is 0.00819. The molecule has 0 saturated heterocycles. The molecule has 130 valence electrons. The number of carbonyl (C=O) groups is 1. The number of amides is 1. The van der Waals surface area contributed by atoms with E-state index in [-0.39, 0.29) is 5.91 Å². The molecule has 0 spiro atoms. The fourth-order valence-electron chi connectivity index (χ4n) is 2.70. The van der Waals surface area contributed by atoms with Crippen LogP contribution in [0.2, 0.25) is 0 Å². The molecule has 0 atom stereocenters. The highest BCUT2D eigenvalue weighted by atomic mass is 32.2. The van der Waals surface area contributed by atoms with Crippen molar-refractivity contribution < 1.29 is 4.79 Å². The molecule has 5 nitrogen and oxygen atoms in total. The van der Waals surface area contributed by atoms with E-state index < -0.39 is 0 Å². The van der Waals surface area contributed by atoms with E-state index in [9.17, 15) is 4.79 Å². The summed E-state index contributed by atoms with van der Waals surface area (Å²) in [5.74, 6) is 0.330. The van der Waals surface area contributed by atoms with E-state index in [4.69, 9.17) is 5.26 Å². The van der Waals surface area contributed by atoms with Gasteiger partial charge in [0.2, 0.25) is 5.91 Å². The quantitative estimate of drug-likeness (QED) is 0.708. The van der Waals surface area contributed by atoms with E-state index in [0.29, 0.717) is 24.8 Å². The summed E-state index contributed by atoms with van der Waals surface area (Å²) >= 11 is 1.47. The van der Waals surface area contributed by atoms with Crippen molar-refractivity contribution in [1.82, 2.24) is 9.55 Å². The van der Waals surface area contributed by atoms with Crippen molar-refractivity contribution in [3.05, 3.63) is 41.7 Å². The first kappa shape index (κ1) is 17.6. The molecule has 0 aliphatic heterocycles. The van der Waals surface area contributed by atoms with Gasteiger partial charge in [-0.3, -0.25) is 4.79 Å². The van der Waals surface area contributed by atoms with Gasteiger partial charge in [-0.25, -0.2) is 4.98 Å². The highest BCUT2D eigenvalue weighted by Crippen LogP contribution is 2.37. The highest BCUT2D eigenvalue weighted by Gasteiger charge is 2.26. The van der Waals surface area contributed by atoms with Gasteiger partial charge in [-0.05, 0) is 49.9 Å². The van der Waals surface area contributed by atoms with E-state index >= 15 is 0 Å². The fourth-order valence-corrected chi connectivity index (χ4v) is 3.60. The minimum Gasteiger partial charge on any atom is -0.323 e. The Labute approximate surface area is 152 Å². The Morgan fingerprint density at radius 1 is 1.40 bits per heavy atom. The van der Waals surface area contributed by atoms with Crippen LogP contribution < -0.4 is 4.90 Å². The van der Waals surface area contributed by atoms with Crippen LogP contribution in [0.5, 0.6) is 0 Å². The standard InChI is InChI=1S/C19H22N4OS/c1-14-4-5-17(12-15(14)2)22(10-3-8-20)18(24)13-25-19-21-9-11-23(19)16-6-7-16/h4-5,9,11-12,16H,3,6-7,10,13H2,1-2H3. The van der Waals surface area contributed by atoms with Crippen LogP contribution in [0.1, 0.15) is 36.4 Å². The Morgan fingerprint density at radius 3 is 2.88 bits per heavy atom.